The Balaban J connectivity index is 1.55. The number of aromatic nitrogens is 2. The number of hydrogen-bond donors (Lipinski definition) is 0. The molecule has 0 aliphatic rings. The molecule has 5 nitrogen and oxygen atoms in total. The monoisotopic (exact) mass is 320 g/mol. The molecule has 3 aromatic heterocycles. The van der Waals surface area contributed by atoms with E-state index < -0.39 is 0 Å². The van der Waals surface area contributed by atoms with E-state index in [1.165, 1.54) is 11.3 Å². The van der Waals surface area contributed by atoms with Crippen LogP contribution in [-0.2, 0) is 22.6 Å². The highest BCUT2D eigenvalue weighted by Gasteiger charge is 2.11. The Bertz CT molecular complexity index is 731. The molecule has 0 bridgehead atoms. The molecule has 21 heavy (non-hydrogen) atoms. The molecule has 0 aliphatic carbocycles. The Kier molecular flexibility index (Phi) is 4.12. The summed E-state index contributed by atoms with van der Waals surface area (Å²) < 4.78 is 10.1. The topological polar surface area (TPSA) is 65.2 Å². The summed E-state index contributed by atoms with van der Waals surface area (Å²) in [6, 6.07) is 3.75. The lowest BCUT2D eigenvalue weighted by atomic mass is 10.3. The number of nitrogens with zero attached hydrogens (tertiary/aromatic N) is 2. The van der Waals surface area contributed by atoms with Gasteiger partial charge in [0.15, 0.2) is 0 Å². The lowest BCUT2D eigenvalue weighted by Crippen LogP contribution is -2.08. The van der Waals surface area contributed by atoms with E-state index >= 15 is 0 Å². The van der Waals surface area contributed by atoms with Gasteiger partial charge in [-0.15, -0.1) is 11.3 Å². The van der Waals surface area contributed by atoms with E-state index in [0.29, 0.717) is 11.5 Å². The average molecular weight is 320 g/mol. The summed E-state index contributed by atoms with van der Waals surface area (Å²) in [6.07, 6.45) is 0.164. The predicted molar refractivity (Wildman–Crippen MR) is 80.2 cm³/mol. The van der Waals surface area contributed by atoms with Crippen molar-refractivity contribution in [2.45, 2.75) is 20.0 Å². The van der Waals surface area contributed by atoms with Gasteiger partial charge in [0.1, 0.15) is 23.1 Å². The third-order valence-electron chi connectivity index (χ3n) is 2.70. The van der Waals surface area contributed by atoms with Gasteiger partial charge in [-0.25, -0.2) is 4.98 Å². The Morgan fingerprint density at radius 1 is 1.38 bits per heavy atom. The van der Waals surface area contributed by atoms with Crippen molar-refractivity contribution in [2.75, 3.05) is 0 Å². The second-order valence-corrected chi connectivity index (χ2v) is 6.06. The van der Waals surface area contributed by atoms with Crippen molar-refractivity contribution in [3.05, 3.63) is 45.4 Å². The summed E-state index contributed by atoms with van der Waals surface area (Å²) in [5, 5.41) is 10.6. The van der Waals surface area contributed by atoms with Crippen LogP contribution in [0.2, 0.25) is 0 Å². The zero-order valence-electron chi connectivity index (χ0n) is 11.2. The fourth-order valence-corrected chi connectivity index (χ4v) is 3.28. The van der Waals surface area contributed by atoms with E-state index in [1.807, 2.05) is 22.2 Å². The first-order chi connectivity index (χ1) is 10.2. The van der Waals surface area contributed by atoms with E-state index in [4.69, 9.17) is 9.26 Å². The highest BCUT2D eigenvalue weighted by molar-refractivity contribution is 7.14. The molecule has 108 valence electrons. The van der Waals surface area contributed by atoms with Crippen LogP contribution >= 0.6 is 22.7 Å². The number of thiophene rings is 1. The van der Waals surface area contributed by atoms with Crippen LogP contribution in [0.25, 0.3) is 10.6 Å². The molecule has 0 unspecified atom stereocenters. The minimum atomic E-state index is -0.321. The average Bonchev–Trinajstić information content (AvgIpc) is 3.16. The highest BCUT2D eigenvalue weighted by atomic mass is 32.1. The smallest absolute Gasteiger partial charge is 0.312 e. The van der Waals surface area contributed by atoms with Crippen LogP contribution in [0.4, 0.5) is 0 Å². The number of hydrogen-bond acceptors (Lipinski definition) is 7. The quantitative estimate of drug-likeness (QED) is 0.674. The maximum Gasteiger partial charge on any atom is 0.312 e. The number of ether oxygens (including phenoxy) is 1. The first-order valence-corrected chi connectivity index (χ1v) is 8.08. The largest absolute Gasteiger partial charge is 0.459 e. The summed E-state index contributed by atoms with van der Waals surface area (Å²) in [5.41, 5.74) is 2.42. The van der Waals surface area contributed by atoms with Gasteiger partial charge in [0.25, 0.3) is 0 Å². The van der Waals surface area contributed by atoms with Crippen LogP contribution in [0.5, 0.6) is 0 Å². The lowest BCUT2D eigenvalue weighted by molar-refractivity contribution is -0.144. The molecule has 0 saturated carbocycles. The standard InChI is InChI=1S/C14H12N2O3S2/c1-9-4-11(16-19-9)6-18-13(17)5-12-8-21-14(15-12)10-2-3-20-7-10/h2-4,7-8H,5-6H2,1H3. The summed E-state index contributed by atoms with van der Waals surface area (Å²) in [5.74, 6) is 0.374. The molecule has 0 aliphatic heterocycles. The van der Waals surface area contributed by atoms with Gasteiger partial charge in [-0.05, 0) is 18.4 Å². The molecule has 0 atom stereocenters. The summed E-state index contributed by atoms with van der Waals surface area (Å²) in [7, 11) is 0. The first-order valence-electron chi connectivity index (χ1n) is 6.25. The number of carbonyl (C=O) groups is 1. The summed E-state index contributed by atoms with van der Waals surface area (Å²) >= 11 is 3.15. The molecule has 3 rings (SSSR count). The van der Waals surface area contributed by atoms with Gasteiger partial charge in [-0.2, -0.15) is 11.3 Å². The van der Waals surface area contributed by atoms with E-state index in [1.54, 1.807) is 24.3 Å². The Morgan fingerprint density at radius 3 is 3.00 bits per heavy atom. The maximum atomic E-state index is 11.8. The molecular formula is C14H12N2O3S2. The molecule has 7 heteroatoms. The minimum Gasteiger partial charge on any atom is -0.459 e. The fraction of sp³-hybridized carbons (Fsp3) is 0.214. The van der Waals surface area contributed by atoms with Crippen molar-refractivity contribution in [1.29, 1.82) is 0 Å². The van der Waals surface area contributed by atoms with Crippen molar-refractivity contribution in [3.63, 3.8) is 0 Å². The SMILES string of the molecule is Cc1cc(COC(=O)Cc2csc(-c3ccsc3)n2)no1. The normalized spacial score (nSPS) is 10.7. The second kappa shape index (κ2) is 6.19. The van der Waals surface area contributed by atoms with Crippen LogP contribution in [0.3, 0.4) is 0 Å². The Labute approximate surface area is 129 Å². The zero-order chi connectivity index (χ0) is 14.7. The van der Waals surface area contributed by atoms with Crippen LogP contribution in [-0.4, -0.2) is 16.1 Å². The summed E-state index contributed by atoms with van der Waals surface area (Å²) in [6.45, 7) is 1.91. The van der Waals surface area contributed by atoms with Gasteiger partial charge in [-0.3, -0.25) is 4.79 Å². The summed E-state index contributed by atoms with van der Waals surface area (Å²) in [4.78, 5) is 16.2. The zero-order valence-corrected chi connectivity index (χ0v) is 12.9. The van der Waals surface area contributed by atoms with Gasteiger partial charge in [-0.1, -0.05) is 5.16 Å². The van der Waals surface area contributed by atoms with E-state index in [9.17, 15) is 4.79 Å². The molecule has 0 spiro atoms. The molecule has 3 heterocycles. The van der Waals surface area contributed by atoms with Crippen molar-refractivity contribution < 1.29 is 14.1 Å². The third-order valence-corrected chi connectivity index (χ3v) is 4.33. The van der Waals surface area contributed by atoms with E-state index in [0.717, 1.165) is 16.3 Å². The van der Waals surface area contributed by atoms with Crippen LogP contribution < -0.4 is 0 Å². The number of thiazole rings is 1. The Hall–Kier alpha value is -1.99. The van der Waals surface area contributed by atoms with Crippen LogP contribution in [0.1, 0.15) is 17.1 Å². The lowest BCUT2D eigenvalue weighted by Gasteiger charge is -2.00. The van der Waals surface area contributed by atoms with E-state index in [-0.39, 0.29) is 19.0 Å². The molecule has 0 fully saturated rings. The fourth-order valence-electron chi connectivity index (χ4n) is 1.75. The molecule has 0 amide bonds. The number of carbonyl (C=O) groups excluding carboxylic acids is 1. The molecule has 0 saturated heterocycles. The Morgan fingerprint density at radius 2 is 2.29 bits per heavy atom. The van der Waals surface area contributed by atoms with Gasteiger partial charge in [0.2, 0.25) is 0 Å². The highest BCUT2D eigenvalue weighted by Crippen LogP contribution is 2.25. The van der Waals surface area contributed by atoms with E-state index in [2.05, 4.69) is 10.1 Å². The molecular weight excluding hydrogens is 308 g/mol. The van der Waals surface area contributed by atoms with Gasteiger partial charge < -0.3 is 9.26 Å². The van der Waals surface area contributed by atoms with Crippen molar-refractivity contribution in [1.82, 2.24) is 10.1 Å². The number of rotatable bonds is 5. The number of aryl methyl sites for hydroxylation is 1. The van der Waals surface area contributed by atoms with Crippen LogP contribution in [0.15, 0.2) is 32.8 Å². The molecule has 0 radical (unpaired) electrons. The van der Waals surface area contributed by atoms with Crippen molar-refractivity contribution in [2.24, 2.45) is 0 Å². The van der Waals surface area contributed by atoms with Crippen LogP contribution in [0, 0.1) is 6.92 Å². The number of esters is 1. The van der Waals surface area contributed by atoms with Crippen molar-refractivity contribution >= 4 is 28.6 Å². The third kappa shape index (κ3) is 3.56. The molecule has 3 aromatic rings. The molecule has 0 N–H and O–H groups in total. The predicted octanol–water partition coefficient (Wildman–Crippen LogP) is 3.45. The van der Waals surface area contributed by atoms with Gasteiger partial charge in [0, 0.05) is 22.4 Å². The van der Waals surface area contributed by atoms with Gasteiger partial charge >= 0.3 is 5.97 Å². The first kappa shape index (κ1) is 14.0. The maximum absolute atomic E-state index is 11.8. The minimum absolute atomic E-state index is 0.123. The van der Waals surface area contributed by atoms with Gasteiger partial charge in [0.05, 0.1) is 12.1 Å². The molecule has 0 aromatic carbocycles. The van der Waals surface area contributed by atoms with Crippen molar-refractivity contribution in [3.8, 4) is 10.6 Å². The second-order valence-electron chi connectivity index (χ2n) is 4.42.